The molecular formula is C41H26N2O2. The van der Waals surface area contributed by atoms with Crippen molar-refractivity contribution in [3.8, 4) is 22.6 Å². The third-order valence-electron chi connectivity index (χ3n) is 8.47. The summed E-state index contributed by atoms with van der Waals surface area (Å²) in [6, 6.07) is 54.6. The van der Waals surface area contributed by atoms with Gasteiger partial charge in [0.1, 0.15) is 16.7 Å². The van der Waals surface area contributed by atoms with E-state index >= 15 is 0 Å². The summed E-state index contributed by atoms with van der Waals surface area (Å²) in [6.07, 6.45) is 0. The molecule has 0 aliphatic carbocycles. The molecule has 7 aromatic carbocycles. The first kappa shape index (κ1) is 25.4. The minimum absolute atomic E-state index is 0.601. The summed E-state index contributed by atoms with van der Waals surface area (Å²) >= 11 is 0. The topological polar surface area (TPSA) is 42.4 Å². The van der Waals surface area contributed by atoms with Gasteiger partial charge in [0.05, 0.1) is 11.1 Å². The zero-order chi connectivity index (χ0) is 29.7. The van der Waals surface area contributed by atoms with Crippen LogP contribution in [0.15, 0.2) is 167 Å². The van der Waals surface area contributed by atoms with Gasteiger partial charge >= 0.3 is 0 Å². The molecule has 4 heteroatoms. The Bertz CT molecular complexity index is 2490. The van der Waals surface area contributed by atoms with Gasteiger partial charge in [-0.2, -0.15) is 0 Å². The first-order valence-corrected chi connectivity index (χ1v) is 15.0. The summed E-state index contributed by atoms with van der Waals surface area (Å²) in [7, 11) is 0. The maximum absolute atomic E-state index is 6.51. The number of hydrogen-bond donors (Lipinski definition) is 0. The van der Waals surface area contributed by atoms with Crippen LogP contribution in [0.3, 0.4) is 0 Å². The molecule has 0 fully saturated rings. The number of hydrogen-bond acceptors (Lipinski definition) is 4. The van der Waals surface area contributed by atoms with Gasteiger partial charge in [-0.1, -0.05) is 97.1 Å². The predicted molar refractivity (Wildman–Crippen MR) is 184 cm³/mol. The lowest BCUT2D eigenvalue weighted by atomic mass is 10.0. The number of rotatable bonds is 5. The van der Waals surface area contributed by atoms with Gasteiger partial charge in [0, 0.05) is 34.0 Å². The molecule has 0 bridgehead atoms. The number of aromatic nitrogens is 1. The second kappa shape index (κ2) is 10.2. The molecule has 2 heterocycles. The van der Waals surface area contributed by atoms with Gasteiger partial charge in [-0.05, 0) is 70.9 Å². The highest BCUT2D eigenvalue weighted by atomic mass is 16.4. The summed E-state index contributed by atoms with van der Waals surface area (Å²) in [5.41, 5.74) is 9.50. The van der Waals surface area contributed by atoms with Gasteiger partial charge in [-0.15, -0.1) is 0 Å². The van der Waals surface area contributed by atoms with Gasteiger partial charge in [-0.3, -0.25) is 0 Å². The zero-order valence-corrected chi connectivity index (χ0v) is 24.2. The van der Waals surface area contributed by atoms with Crippen molar-refractivity contribution in [1.29, 1.82) is 0 Å². The first-order valence-electron chi connectivity index (χ1n) is 15.0. The van der Waals surface area contributed by atoms with Crippen LogP contribution in [0.25, 0.3) is 66.4 Å². The van der Waals surface area contributed by atoms with E-state index in [1.165, 1.54) is 10.8 Å². The van der Waals surface area contributed by atoms with E-state index in [-0.39, 0.29) is 0 Å². The van der Waals surface area contributed by atoms with E-state index in [4.69, 9.17) is 13.8 Å². The maximum atomic E-state index is 6.51. The molecule has 9 aromatic rings. The lowest BCUT2D eigenvalue weighted by Gasteiger charge is -2.28. The molecule has 0 radical (unpaired) electrons. The number of fused-ring (bicyclic) bond motifs is 6. The Morgan fingerprint density at radius 2 is 1.18 bits per heavy atom. The van der Waals surface area contributed by atoms with Crippen LogP contribution in [-0.4, -0.2) is 4.98 Å². The fraction of sp³-hybridized carbons (Fsp3) is 0. The summed E-state index contributed by atoms with van der Waals surface area (Å²) in [5, 5.41) is 4.32. The Morgan fingerprint density at radius 1 is 0.489 bits per heavy atom. The molecule has 0 N–H and O–H groups in total. The monoisotopic (exact) mass is 578 g/mol. The van der Waals surface area contributed by atoms with Crippen LogP contribution in [0.2, 0.25) is 0 Å². The van der Waals surface area contributed by atoms with Gasteiger partial charge in [0.15, 0.2) is 5.58 Å². The molecule has 0 saturated carbocycles. The Labute approximate surface area is 259 Å². The van der Waals surface area contributed by atoms with Crippen LogP contribution in [0.1, 0.15) is 0 Å². The van der Waals surface area contributed by atoms with Crippen molar-refractivity contribution in [1.82, 2.24) is 4.98 Å². The maximum Gasteiger partial charge on any atom is 0.227 e. The van der Waals surface area contributed by atoms with E-state index in [1.807, 2.05) is 42.5 Å². The molecule has 45 heavy (non-hydrogen) atoms. The first-order chi connectivity index (χ1) is 22.3. The second-order valence-electron chi connectivity index (χ2n) is 11.2. The molecule has 0 atom stereocenters. The number of benzene rings is 7. The molecular weight excluding hydrogens is 552 g/mol. The fourth-order valence-electron chi connectivity index (χ4n) is 6.35. The number of furan rings is 1. The zero-order valence-electron chi connectivity index (χ0n) is 24.2. The highest BCUT2D eigenvalue weighted by molar-refractivity contribution is 6.17. The molecule has 4 nitrogen and oxygen atoms in total. The lowest BCUT2D eigenvalue weighted by Crippen LogP contribution is -2.11. The largest absolute Gasteiger partial charge is 0.456 e. The van der Waals surface area contributed by atoms with Crippen molar-refractivity contribution in [2.45, 2.75) is 0 Å². The minimum atomic E-state index is 0.601. The smallest absolute Gasteiger partial charge is 0.227 e. The highest BCUT2D eigenvalue weighted by Crippen LogP contribution is 2.44. The Morgan fingerprint density at radius 3 is 2.02 bits per heavy atom. The standard InChI is InChI=1S/C41H26N2O2/c1-3-12-28(13-4-1)33-17-9-10-18-36(33)43(31-20-19-27-11-7-8-16-30(27)25-31)32-21-22-34-38(26-32)44-37-24-23-35-40(39(34)37)45-41(42-35)29-14-5-2-6-15-29/h1-26H. The Hall–Kier alpha value is -6.13. The number of para-hydroxylation sites is 1. The fourth-order valence-corrected chi connectivity index (χ4v) is 6.35. The molecule has 0 spiro atoms. The third-order valence-corrected chi connectivity index (χ3v) is 8.47. The Balaban J connectivity index is 1.25. The Kier molecular flexibility index (Phi) is 5.78. The predicted octanol–water partition coefficient (Wildman–Crippen LogP) is 11.7. The van der Waals surface area contributed by atoms with Gasteiger partial charge in [-0.25, -0.2) is 4.98 Å². The third kappa shape index (κ3) is 4.27. The molecule has 212 valence electrons. The van der Waals surface area contributed by atoms with Crippen LogP contribution in [0.5, 0.6) is 0 Å². The summed E-state index contributed by atoms with van der Waals surface area (Å²) < 4.78 is 12.9. The highest BCUT2D eigenvalue weighted by Gasteiger charge is 2.21. The van der Waals surface area contributed by atoms with Crippen molar-refractivity contribution in [2.75, 3.05) is 4.90 Å². The molecule has 0 aliphatic heterocycles. The van der Waals surface area contributed by atoms with Crippen LogP contribution in [0.4, 0.5) is 17.1 Å². The van der Waals surface area contributed by atoms with E-state index in [0.29, 0.717) is 5.89 Å². The van der Waals surface area contributed by atoms with Gasteiger partial charge < -0.3 is 13.7 Å². The van der Waals surface area contributed by atoms with Crippen LogP contribution in [-0.2, 0) is 0 Å². The summed E-state index contributed by atoms with van der Waals surface area (Å²) in [5.74, 6) is 0.601. The summed E-state index contributed by atoms with van der Waals surface area (Å²) in [6.45, 7) is 0. The van der Waals surface area contributed by atoms with Crippen LogP contribution < -0.4 is 4.90 Å². The van der Waals surface area contributed by atoms with Crippen molar-refractivity contribution in [3.63, 3.8) is 0 Å². The van der Waals surface area contributed by atoms with Crippen molar-refractivity contribution < 1.29 is 8.83 Å². The quantitative estimate of drug-likeness (QED) is 0.204. The molecule has 0 aliphatic rings. The van der Waals surface area contributed by atoms with Crippen LogP contribution >= 0.6 is 0 Å². The van der Waals surface area contributed by atoms with E-state index in [2.05, 4.69) is 120 Å². The number of nitrogens with zero attached hydrogens (tertiary/aromatic N) is 2. The second-order valence-corrected chi connectivity index (χ2v) is 11.2. The molecule has 0 saturated heterocycles. The average Bonchev–Trinajstić information content (AvgIpc) is 3.71. The SMILES string of the molecule is c1ccc(-c2nc3ccc4oc5cc(N(c6ccc7ccccc7c6)c6ccccc6-c6ccccc6)ccc5c4c3o2)cc1. The molecule has 2 aromatic heterocycles. The molecule has 9 rings (SSSR count). The van der Waals surface area contributed by atoms with E-state index in [1.54, 1.807) is 0 Å². The average molecular weight is 579 g/mol. The molecule has 0 unspecified atom stereocenters. The number of anilines is 3. The number of oxazole rings is 1. The van der Waals surface area contributed by atoms with Gasteiger partial charge in [0.2, 0.25) is 5.89 Å². The van der Waals surface area contributed by atoms with Crippen molar-refractivity contribution in [3.05, 3.63) is 158 Å². The normalized spacial score (nSPS) is 11.6. The van der Waals surface area contributed by atoms with Crippen molar-refractivity contribution in [2.24, 2.45) is 0 Å². The lowest BCUT2D eigenvalue weighted by molar-refractivity contribution is 0.622. The van der Waals surface area contributed by atoms with Gasteiger partial charge in [0.25, 0.3) is 0 Å². The van der Waals surface area contributed by atoms with E-state index < -0.39 is 0 Å². The summed E-state index contributed by atoms with van der Waals surface area (Å²) in [4.78, 5) is 7.11. The van der Waals surface area contributed by atoms with Crippen LogP contribution in [0, 0.1) is 0 Å². The van der Waals surface area contributed by atoms with E-state index in [9.17, 15) is 0 Å². The minimum Gasteiger partial charge on any atom is -0.456 e. The van der Waals surface area contributed by atoms with E-state index in [0.717, 1.165) is 66.8 Å². The molecule has 0 amide bonds. The van der Waals surface area contributed by atoms with Crippen molar-refractivity contribution >= 4 is 60.9 Å².